The summed E-state index contributed by atoms with van der Waals surface area (Å²) in [6.07, 6.45) is -1.58. The Bertz CT molecular complexity index is 377. The molecular formula is C9H7F2NO2. The van der Waals surface area contributed by atoms with Crippen LogP contribution < -0.4 is 0 Å². The highest BCUT2D eigenvalue weighted by atomic mass is 19.3. The maximum absolute atomic E-state index is 12.2. The lowest BCUT2D eigenvalue weighted by atomic mass is 10.1. The van der Waals surface area contributed by atoms with Gasteiger partial charge in [0.05, 0.1) is 11.3 Å². The van der Waals surface area contributed by atoms with E-state index in [4.69, 9.17) is 5.11 Å². The monoisotopic (exact) mass is 199 g/mol. The highest BCUT2D eigenvalue weighted by molar-refractivity contribution is 5.91. The van der Waals surface area contributed by atoms with E-state index < -0.39 is 18.1 Å². The van der Waals surface area contributed by atoms with Crippen molar-refractivity contribution in [3.05, 3.63) is 35.7 Å². The van der Waals surface area contributed by atoms with Crippen molar-refractivity contribution in [1.29, 1.82) is 0 Å². The second-order valence-electron chi connectivity index (χ2n) is 2.48. The smallest absolute Gasteiger partial charge is 0.337 e. The van der Waals surface area contributed by atoms with Gasteiger partial charge in [-0.1, -0.05) is 6.58 Å². The van der Waals surface area contributed by atoms with E-state index in [9.17, 15) is 13.6 Å². The molecule has 1 N–H and O–H groups in total. The zero-order valence-corrected chi connectivity index (χ0v) is 7.08. The van der Waals surface area contributed by atoms with E-state index in [0.717, 1.165) is 18.2 Å². The van der Waals surface area contributed by atoms with Crippen LogP contribution in [-0.2, 0) is 0 Å². The molecule has 1 aromatic rings. The molecule has 0 aliphatic carbocycles. The third-order valence-electron chi connectivity index (χ3n) is 1.59. The maximum Gasteiger partial charge on any atom is 0.337 e. The lowest BCUT2D eigenvalue weighted by Crippen LogP contribution is -2.03. The summed E-state index contributed by atoms with van der Waals surface area (Å²) in [6.45, 7) is 3.30. The second kappa shape index (κ2) is 3.95. The largest absolute Gasteiger partial charge is 0.478 e. The molecule has 3 nitrogen and oxygen atoms in total. The predicted molar refractivity (Wildman–Crippen MR) is 46.2 cm³/mol. The Morgan fingerprint density at radius 2 is 2.21 bits per heavy atom. The summed E-state index contributed by atoms with van der Waals surface area (Å²) < 4.78 is 24.3. The van der Waals surface area contributed by atoms with Gasteiger partial charge in [-0.3, -0.25) is 0 Å². The van der Waals surface area contributed by atoms with Gasteiger partial charge in [-0.25, -0.2) is 18.6 Å². The first kappa shape index (κ1) is 10.3. The minimum absolute atomic E-state index is 0.0460. The Kier molecular flexibility index (Phi) is 2.91. The van der Waals surface area contributed by atoms with Gasteiger partial charge in [0, 0.05) is 0 Å². The minimum atomic E-state index is -2.71. The van der Waals surface area contributed by atoms with Crippen LogP contribution in [-0.4, -0.2) is 16.1 Å². The maximum atomic E-state index is 12.2. The van der Waals surface area contributed by atoms with Crippen molar-refractivity contribution in [2.45, 2.75) is 6.43 Å². The van der Waals surface area contributed by atoms with E-state index in [2.05, 4.69) is 11.6 Å². The van der Waals surface area contributed by atoms with Gasteiger partial charge < -0.3 is 5.11 Å². The molecule has 14 heavy (non-hydrogen) atoms. The van der Waals surface area contributed by atoms with Gasteiger partial charge in [-0.15, -0.1) is 0 Å². The molecule has 0 aliphatic heterocycles. The molecular weight excluding hydrogens is 192 g/mol. The molecule has 0 atom stereocenters. The number of hydrogen-bond donors (Lipinski definition) is 1. The van der Waals surface area contributed by atoms with Crippen molar-refractivity contribution in [2.24, 2.45) is 0 Å². The standard InChI is InChI=1S/C9H7F2NO2/c1-2-6-5(9(13)14)3-4-7(12-6)8(10)11/h2-4,8H,1H2,(H,13,14). The second-order valence-corrected chi connectivity index (χ2v) is 2.48. The van der Waals surface area contributed by atoms with Crippen molar-refractivity contribution in [3.8, 4) is 0 Å². The van der Waals surface area contributed by atoms with Gasteiger partial charge in [-0.2, -0.15) is 0 Å². The van der Waals surface area contributed by atoms with Crippen molar-refractivity contribution in [3.63, 3.8) is 0 Å². The van der Waals surface area contributed by atoms with E-state index in [1.165, 1.54) is 0 Å². The number of carboxylic acid groups (broad SMARTS) is 1. The third-order valence-corrected chi connectivity index (χ3v) is 1.59. The quantitative estimate of drug-likeness (QED) is 0.812. The van der Waals surface area contributed by atoms with Crippen molar-refractivity contribution in [1.82, 2.24) is 4.98 Å². The van der Waals surface area contributed by atoms with Gasteiger partial charge in [0.25, 0.3) is 6.43 Å². The Hall–Kier alpha value is -1.78. The van der Waals surface area contributed by atoms with E-state index in [0.29, 0.717) is 0 Å². The van der Waals surface area contributed by atoms with E-state index in [1.807, 2.05) is 0 Å². The normalized spacial score (nSPS) is 10.2. The highest BCUT2D eigenvalue weighted by Crippen LogP contribution is 2.18. The summed E-state index contributed by atoms with van der Waals surface area (Å²) in [4.78, 5) is 14.0. The van der Waals surface area contributed by atoms with Gasteiger partial charge in [0.1, 0.15) is 5.69 Å². The number of alkyl halides is 2. The molecule has 1 aromatic heterocycles. The number of hydrogen-bond acceptors (Lipinski definition) is 2. The molecule has 1 rings (SSSR count). The lowest BCUT2D eigenvalue weighted by molar-refractivity contribution is 0.0695. The Morgan fingerprint density at radius 3 is 2.64 bits per heavy atom. The number of carboxylic acids is 1. The van der Waals surface area contributed by atoms with Crippen LogP contribution in [0.1, 0.15) is 28.2 Å². The number of aromatic nitrogens is 1. The molecule has 0 amide bonds. The molecule has 1 heterocycles. The molecule has 74 valence electrons. The van der Waals surface area contributed by atoms with E-state index in [1.54, 1.807) is 0 Å². The van der Waals surface area contributed by atoms with Crippen LogP contribution in [0.25, 0.3) is 6.08 Å². The van der Waals surface area contributed by atoms with Crippen LogP contribution in [0.4, 0.5) is 8.78 Å². The van der Waals surface area contributed by atoms with E-state index in [-0.39, 0.29) is 11.3 Å². The van der Waals surface area contributed by atoms with Crippen molar-refractivity contribution >= 4 is 12.0 Å². The van der Waals surface area contributed by atoms with Gasteiger partial charge in [0.2, 0.25) is 0 Å². The summed E-state index contributed by atoms with van der Waals surface area (Å²) in [6, 6.07) is 2.08. The van der Waals surface area contributed by atoms with Crippen LogP contribution in [0, 0.1) is 0 Å². The Morgan fingerprint density at radius 1 is 1.57 bits per heavy atom. The fourth-order valence-corrected chi connectivity index (χ4v) is 0.949. The lowest BCUT2D eigenvalue weighted by Gasteiger charge is -2.03. The highest BCUT2D eigenvalue weighted by Gasteiger charge is 2.14. The van der Waals surface area contributed by atoms with Crippen LogP contribution in [0.3, 0.4) is 0 Å². The predicted octanol–water partition coefficient (Wildman–Crippen LogP) is 2.36. The molecule has 0 unspecified atom stereocenters. The molecule has 0 saturated heterocycles. The molecule has 0 fully saturated rings. The molecule has 0 aliphatic rings. The average molecular weight is 199 g/mol. The summed E-state index contributed by atoms with van der Waals surface area (Å²) in [5, 5.41) is 8.65. The topological polar surface area (TPSA) is 50.2 Å². The molecule has 0 bridgehead atoms. The number of aromatic carboxylic acids is 1. The molecule has 0 radical (unpaired) electrons. The summed E-state index contributed by atoms with van der Waals surface area (Å²) >= 11 is 0. The summed E-state index contributed by atoms with van der Waals surface area (Å²) in [5.74, 6) is -1.21. The number of pyridine rings is 1. The molecule has 0 saturated carbocycles. The molecule has 0 spiro atoms. The van der Waals surface area contributed by atoms with Gasteiger partial charge in [-0.05, 0) is 18.2 Å². The summed E-state index contributed by atoms with van der Waals surface area (Å²) in [7, 11) is 0. The fraction of sp³-hybridized carbons (Fsp3) is 0.111. The van der Waals surface area contributed by atoms with Crippen LogP contribution in [0.2, 0.25) is 0 Å². The minimum Gasteiger partial charge on any atom is -0.478 e. The number of carbonyl (C=O) groups is 1. The zero-order valence-electron chi connectivity index (χ0n) is 7.08. The first-order valence-corrected chi connectivity index (χ1v) is 3.71. The average Bonchev–Trinajstić information content (AvgIpc) is 2.16. The van der Waals surface area contributed by atoms with Crippen LogP contribution in [0.5, 0.6) is 0 Å². The van der Waals surface area contributed by atoms with Gasteiger partial charge in [0.15, 0.2) is 0 Å². The fourth-order valence-electron chi connectivity index (χ4n) is 0.949. The van der Waals surface area contributed by atoms with Crippen molar-refractivity contribution < 1.29 is 18.7 Å². The molecule has 0 aromatic carbocycles. The SMILES string of the molecule is C=Cc1nc(C(F)F)ccc1C(=O)O. The number of halogens is 2. The first-order chi connectivity index (χ1) is 6.56. The summed E-state index contributed by atoms with van der Waals surface area (Å²) in [5.41, 5.74) is -0.635. The Labute approximate surface area is 78.7 Å². The van der Waals surface area contributed by atoms with Gasteiger partial charge >= 0.3 is 5.97 Å². The zero-order chi connectivity index (χ0) is 10.7. The van der Waals surface area contributed by atoms with Crippen molar-refractivity contribution in [2.75, 3.05) is 0 Å². The van der Waals surface area contributed by atoms with Crippen LogP contribution in [0.15, 0.2) is 18.7 Å². The van der Waals surface area contributed by atoms with E-state index >= 15 is 0 Å². The van der Waals surface area contributed by atoms with Crippen LogP contribution >= 0.6 is 0 Å². The number of rotatable bonds is 3. The first-order valence-electron chi connectivity index (χ1n) is 3.71. The number of nitrogens with zero attached hydrogens (tertiary/aromatic N) is 1. The molecule has 5 heteroatoms. The third kappa shape index (κ3) is 1.93. The Balaban J connectivity index is 3.25.